The van der Waals surface area contributed by atoms with Crippen LogP contribution in [0.15, 0.2) is 42.5 Å². The Labute approximate surface area is 123 Å². The fourth-order valence-corrected chi connectivity index (χ4v) is 1.92. The number of urea groups is 1. The van der Waals surface area contributed by atoms with Crippen molar-refractivity contribution >= 4 is 17.4 Å². The van der Waals surface area contributed by atoms with Crippen LogP contribution < -0.4 is 20.1 Å². The molecular weight excluding hydrogens is 268 g/mol. The Morgan fingerprint density at radius 1 is 0.952 bits per heavy atom. The normalized spacial score (nSPS) is 9.86. The fourth-order valence-electron chi connectivity index (χ4n) is 1.92. The van der Waals surface area contributed by atoms with Gasteiger partial charge in [-0.15, -0.1) is 0 Å². The Bertz CT molecular complexity index is 627. The molecule has 0 radical (unpaired) electrons. The van der Waals surface area contributed by atoms with Crippen LogP contribution in [-0.4, -0.2) is 20.3 Å². The molecule has 110 valence electrons. The second-order valence-electron chi connectivity index (χ2n) is 4.47. The minimum atomic E-state index is -0.309. The van der Waals surface area contributed by atoms with Crippen molar-refractivity contribution in [2.75, 3.05) is 24.9 Å². The van der Waals surface area contributed by atoms with Gasteiger partial charge < -0.3 is 20.1 Å². The topological polar surface area (TPSA) is 59.6 Å². The zero-order valence-corrected chi connectivity index (χ0v) is 12.3. The van der Waals surface area contributed by atoms with E-state index in [4.69, 9.17) is 9.47 Å². The summed E-state index contributed by atoms with van der Waals surface area (Å²) in [5.41, 5.74) is 2.28. The molecule has 0 aromatic heterocycles. The van der Waals surface area contributed by atoms with E-state index in [0.717, 1.165) is 11.3 Å². The lowest BCUT2D eigenvalue weighted by Gasteiger charge is -2.14. The third-order valence-electron chi connectivity index (χ3n) is 3.01. The van der Waals surface area contributed by atoms with Crippen molar-refractivity contribution in [1.29, 1.82) is 0 Å². The number of aryl methyl sites for hydroxylation is 1. The van der Waals surface area contributed by atoms with Crippen molar-refractivity contribution in [3.8, 4) is 11.5 Å². The molecule has 0 spiro atoms. The molecule has 0 bridgehead atoms. The largest absolute Gasteiger partial charge is 0.493 e. The molecule has 0 aliphatic rings. The Hall–Kier alpha value is -2.69. The number of benzene rings is 2. The van der Waals surface area contributed by atoms with Gasteiger partial charge in [-0.2, -0.15) is 0 Å². The van der Waals surface area contributed by atoms with Gasteiger partial charge in [0.2, 0.25) is 0 Å². The lowest BCUT2D eigenvalue weighted by molar-refractivity contribution is 0.262. The van der Waals surface area contributed by atoms with Gasteiger partial charge in [-0.25, -0.2) is 4.79 Å². The Balaban J connectivity index is 2.14. The first kappa shape index (κ1) is 14.7. The van der Waals surface area contributed by atoms with Crippen LogP contribution in [0.4, 0.5) is 16.2 Å². The molecule has 5 nitrogen and oxygen atoms in total. The average Bonchev–Trinajstić information content (AvgIpc) is 2.49. The first-order chi connectivity index (χ1) is 10.1. The molecule has 0 aliphatic carbocycles. The molecule has 0 saturated heterocycles. The molecule has 0 saturated carbocycles. The van der Waals surface area contributed by atoms with Gasteiger partial charge in [-0.3, -0.25) is 0 Å². The maximum absolute atomic E-state index is 12.0. The minimum absolute atomic E-state index is 0.309. The second-order valence-corrected chi connectivity index (χ2v) is 4.47. The Morgan fingerprint density at radius 2 is 1.57 bits per heavy atom. The van der Waals surface area contributed by atoms with Gasteiger partial charge in [-0.1, -0.05) is 18.2 Å². The van der Waals surface area contributed by atoms with Gasteiger partial charge in [0.1, 0.15) is 0 Å². The number of carbonyl (C=O) groups excluding carboxylic acids is 1. The standard InChI is InChI=1S/C16H18N2O3/c1-11-9-14(20-2)15(21-3)10-13(11)18-16(19)17-12-7-5-4-6-8-12/h4-10H,1-3H3,(H2,17,18,19). The lowest BCUT2D eigenvalue weighted by Crippen LogP contribution is -2.20. The third-order valence-corrected chi connectivity index (χ3v) is 3.01. The predicted molar refractivity (Wildman–Crippen MR) is 83.4 cm³/mol. The number of hydrogen-bond donors (Lipinski definition) is 2. The van der Waals surface area contributed by atoms with E-state index < -0.39 is 0 Å². The number of nitrogens with one attached hydrogen (secondary N) is 2. The maximum Gasteiger partial charge on any atom is 0.323 e. The molecule has 0 heterocycles. The lowest BCUT2D eigenvalue weighted by atomic mass is 10.1. The molecule has 0 unspecified atom stereocenters. The number of amides is 2. The highest BCUT2D eigenvalue weighted by atomic mass is 16.5. The van der Waals surface area contributed by atoms with Crippen molar-refractivity contribution in [3.63, 3.8) is 0 Å². The third kappa shape index (κ3) is 3.66. The summed E-state index contributed by atoms with van der Waals surface area (Å²) in [6, 6.07) is 12.5. The van der Waals surface area contributed by atoms with E-state index in [1.807, 2.05) is 43.3 Å². The van der Waals surface area contributed by atoms with Gasteiger partial charge in [0.05, 0.1) is 14.2 Å². The molecule has 2 aromatic rings. The van der Waals surface area contributed by atoms with Gasteiger partial charge in [0, 0.05) is 17.4 Å². The van der Waals surface area contributed by atoms with Gasteiger partial charge in [0.25, 0.3) is 0 Å². The van der Waals surface area contributed by atoms with Crippen molar-refractivity contribution in [1.82, 2.24) is 0 Å². The molecule has 0 aliphatic heterocycles. The van der Waals surface area contributed by atoms with E-state index >= 15 is 0 Å². The minimum Gasteiger partial charge on any atom is -0.493 e. The van der Waals surface area contributed by atoms with Crippen LogP contribution in [-0.2, 0) is 0 Å². The summed E-state index contributed by atoms with van der Waals surface area (Å²) in [6.45, 7) is 1.89. The van der Waals surface area contributed by atoms with Gasteiger partial charge in [0.15, 0.2) is 11.5 Å². The molecule has 0 fully saturated rings. The smallest absolute Gasteiger partial charge is 0.323 e. The van der Waals surface area contributed by atoms with E-state index in [9.17, 15) is 4.79 Å². The van der Waals surface area contributed by atoms with E-state index in [2.05, 4.69) is 10.6 Å². The highest BCUT2D eigenvalue weighted by Gasteiger charge is 2.11. The molecule has 21 heavy (non-hydrogen) atoms. The fraction of sp³-hybridized carbons (Fsp3) is 0.188. The number of rotatable bonds is 4. The number of anilines is 2. The van der Waals surface area contributed by atoms with Crippen LogP contribution in [0, 0.1) is 6.92 Å². The van der Waals surface area contributed by atoms with Gasteiger partial charge >= 0.3 is 6.03 Å². The summed E-state index contributed by atoms with van der Waals surface area (Å²) in [6.07, 6.45) is 0. The second kappa shape index (κ2) is 6.65. The SMILES string of the molecule is COc1cc(C)c(NC(=O)Nc2ccccc2)cc1OC. The molecule has 2 aromatic carbocycles. The van der Waals surface area contributed by atoms with Crippen molar-refractivity contribution in [2.45, 2.75) is 6.92 Å². The predicted octanol–water partition coefficient (Wildman–Crippen LogP) is 3.66. The molecular formula is C16H18N2O3. The summed E-state index contributed by atoms with van der Waals surface area (Å²) >= 11 is 0. The monoisotopic (exact) mass is 286 g/mol. The van der Waals surface area contributed by atoms with Crippen LogP contribution in [0.5, 0.6) is 11.5 Å². The Kier molecular flexibility index (Phi) is 4.66. The number of hydrogen-bond acceptors (Lipinski definition) is 3. The highest BCUT2D eigenvalue weighted by molar-refractivity contribution is 6.00. The van der Waals surface area contributed by atoms with Crippen LogP contribution in [0.1, 0.15) is 5.56 Å². The van der Waals surface area contributed by atoms with E-state index in [1.165, 1.54) is 0 Å². The first-order valence-corrected chi connectivity index (χ1v) is 6.49. The van der Waals surface area contributed by atoms with Crippen LogP contribution in [0.2, 0.25) is 0 Å². The summed E-state index contributed by atoms with van der Waals surface area (Å²) in [7, 11) is 3.13. The summed E-state index contributed by atoms with van der Waals surface area (Å²) < 4.78 is 10.5. The molecule has 2 amide bonds. The Morgan fingerprint density at radius 3 is 2.19 bits per heavy atom. The summed E-state index contributed by atoms with van der Waals surface area (Å²) in [5, 5.41) is 5.56. The highest BCUT2D eigenvalue weighted by Crippen LogP contribution is 2.32. The number of para-hydroxylation sites is 1. The number of carbonyl (C=O) groups is 1. The first-order valence-electron chi connectivity index (χ1n) is 6.49. The van der Waals surface area contributed by atoms with Crippen molar-refractivity contribution in [2.24, 2.45) is 0 Å². The zero-order valence-electron chi connectivity index (χ0n) is 12.3. The van der Waals surface area contributed by atoms with E-state index in [1.54, 1.807) is 20.3 Å². The van der Waals surface area contributed by atoms with Crippen molar-refractivity contribution in [3.05, 3.63) is 48.0 Å². The van der Waals surface area contributed by atoms with Crippen LogP contribution in [0.3, 0.4) is 0 Å². The van der Waals surface area contributed by atoms with Crippen LogP contribution >= 0.6 is 0 Å². The number of methoxy groups -OCH3 is 2. The van der Waals surface area contributed by atoms with Crippen LogP contribution in [0.25, 0.3) is 0 Å². The van der Waals surface area contributed by atoms with E-state index in [-0.39, 0.29) is 6.03 Å². The molecule has 2 N–H and O–H groups in total. The zero-order chi connectivity index (χ0) is 15.2. The average molecular weight is 286 g/mol. The van der Waals surface area contributed by atoms with Gasteiger partial charge in [-0.05, 0) is 30.7 Å². The quantitative estimate of drug-likeness (QED) is 0.901. The number of ether oxygens (including phenoxy) is 2. The van der Waals surface area contributed by atoms with E-state index in [0.29, 0.717) is 17.2 Å². The molecule has 0 atom stereocenters. The molecule has 5 heteroatoms. The summed E-state index contributed by atoms with van der Waals surface area (Å²) in [5.74, 6) is 1.20. The van der Waals surface area contributed by atoms with Crippen molar-refractivity contribution < 1.29 is 14.3 Å². The molecule has 2 rings (SSSR count). The summed E-state index contributed by atoms with van der Waals surface area (Å²) in [4.78, 5) is 12.0. The maximum atomic E-state index is 12.0.